The third-order valence-corrected chi connectivity index (χ3v) is 7.48. The lowest BCUT2D eigenvalue weighted by molar-refractivity contribution is -0.114. The number of carbonyl (C=O) groups is 2. The number of hydrogen-bond donors (Lipinski definition) is 2. The van der Waals surface area contributed by atoms with Gasteiger partial charge in [-0.15, -0.1) is 0 Å². The molecule has 1 aliphatic heterocycles. The summed E-state index contributed by atoms with van der Waals surface area (Å²) in [7, 11) is -3.63. The Kier molecular flexibility index (Phi) is 7.12. The zero-order valence-electron chi connectivity index (χ0n) is 18.2. The van der Waals surface area contributed by atoms with E-state index in [4.69, 9.17) is 0 Å². The maximum Gasteiger partial charge on any atom is 0.255 e. The summed E-state index contributed by atoms with van der Waals surface area (Å²) < 4.78 is 28.0. The fourth-order valence-corrected chi connectivity index (χ4v) is 5.44. The van der Waals surface area contributed by atoms with Crippen LogP contribution in [0.15, 0.2) is 41.3 Å². The van der Waals surface area contributed by atoms with E-state index in [1.807, 2.05) is 6.92 Å². The summed E-state index contributed by atoms with van der Waals surface area (Å²) in [6, 6.07) is 9.95. The third kappa shape index (κ3) is 5.51. The van der Waals surface area contributed by atoms with Gasteiger partial charge in [0.05, 0.1) is 4.90 Å². The van der Waals surface area contributed by atoms with Crippen LogP contribution in [-0.2, 0) is 14.8 Å². The molecule has 166 valence electrons. The SMILES string of the molecule is CC(=O)Nc1cc(C(=O)Nc2ccc(C)c(S(=O)(=O)N3CCCCCC3)c2)ccc1C. The van der Waals surface area contributed by atoms with Crippen molar-refractivity contribution in [2.75, 3.05) is 23.7 Å². The molecule has 0 unspecified atom stereocenters. The van der Waals surface area contributed by atoms with Crippen molar-refractivity contribution in [2.45, 2.75) is 51.3 Å². The van der Waals surface area contributed by atoms with E-state index >= 15 is 0 Å². The van der Waals surface area contributed by atoms with Crippen LogP contribution in [0.25, 0.3) is 0 Å². The highest BCUT2D eigenvalue weighted by Gasteiger charge is 2.27. The number of rotatable bonds is 5. The van der Waals surface area contributed by atoms with Crippen LogP contribution < -0.4 is 10.6 Å². The van der Waals surface area contributed by atoms with Crippen LogP contribution in [0.1, 0.15) is 54.1 Å². The second-order valence-electron chi connectivity index (χ2n) is 7.96. The number of carbonyl (C=O) groups excluding carboxylic acids is 2. The van der Waals surface area contributed by atoms with Gasteiger partial charge in [-0.25, -0.2) is 8.42 Å². The molecule has 2 aromatic carbocycles. The Morgan fingerprint density at radius 2 is 1.52 bits per heavy atom. The van der Waals surface area contributed by atoms with Crippen molar-refractivity contribution in [3.8, 4) is 0 Å². The van der Waals surface area contributed by atoms with Gasteiger partial charge in [-0.1, -0.05) is 25.0 Å². The van der Waals surface area contributed by atoms with E-state index in [2.05, 4.69) is 10.6 Å². The molecule has 0 spiro atoms. The van der Waals surface area contributed by atoms with E-state index in [0.717, 1.165) is 31.2 Å². The molecule has 0 saturated carbocycles. The molecule has 3 rings (SSSR count). The highest BCUT2D eigenvalue weighted by Crippen LogP contribution is 2.26. The van der Waals surface area contributed by atoms with E-state index in [0.29, 0.717) is 35.6 Å². The van der Waals surface area contributed by atoms with E-state index in [1.54, 1.807) is 41.6 Å². The Morgan fingerprint density at radius 1 is 0.871 bits per heavy atom. The number of anilines is 2. The van der Waals surface area contributed by atoms with Crippen LogP contribution in [0, 0.1) is 13.8 Å². The smallest absolute Gasteiger partial charge is 0.255 e. The lowest BCUT2D eigenvalue weighted by Gasteiger charge is -2.21. The number of hydrogen-bond acceptors (Lipinski definition) is 4. The Labute approximate surface area is 183 Å². The van der Waals surface area contributed by atoms with Crippen molar-refractivity contribution in [3.63, 3.8) is 0 Å². The monoisotopic (exact) mass is 443 g/mol. The van der Waals surface area contributed by atoms with E-state index < -0.39 is 10.0 Å². The zero-order chi connectivity index (χ0) is 22.6. The van der Waals surface area contributed by atoms with Crippen LogP contribution in [0.4, 0.5) is 11.4 Å². The van der Waals surface area contributed by atoms with Gasteiger partial charge in [-0.05, 0) is 62.1 Å². The third-order valence-electron chi connectivity index (χ3n) is 5.44. The van der Waals surface area contributed by atoms with Gasteiger partial charge in [0.1, 0.15) is 0 Å². The standard InChI is InChI=1S/C23H29N3O4S/c1-16-8-10-19(14-21(16)24-18(3)27)23(28)25-20-11-9-17(2)22(15-20)31(29,30)26-12-6-4-5-7-13-26/h8-11,14-15H,4-7,12-13H2,1-3H3,(H,24,27)(H,25,28). The predicted molar refractivity (Wildman–Crippen MR) is 122 cm³/mol. The second-order valence-corrected chi connectivity index (χ2v) is 9.87. The number of benzene rings is 2. The number of aryl methyl sites for hydroxylation is 2. The first-order valence-electron chi connectivity index (χ1n) is 10.5. The van der Waals surface area contributed by atoms with Crippen LogP contribution in [0.3, 0.4) is 0 Å². The minimum absolute atomic E-state index is 0.218. The highest BCUT2D eigenvalue weighted by atomic mass is 32.2. The van der Waals surface area contributed by atoms with E-state index in [9.17, 15) is 18.0 Å². The zero-order valence-corrected chi connectivity index (χ0v) is 19.0. The van der Waals surface area contributed by atoms with Gasteiger partial charge in [-0.2, -0.15) is 4.31 Å². The highest BCUT2D eigenvalue weighted by molar-refractivity contribution is 7.89. The first-order chi connectivity index (χ1) is 14.7. The molecule has 1 heterocycles. The number of nitrogens with zero attached hydrogens (tertiary/aromatic N) is 1. The largest absolute Gasteiger partial charge is 0.326 e. The number of nitrogens with one attached hydrogen (secondary N) is 2. The molecule has 1 saturated heterocycles. The fourth-order valence-electron chi connectivity index (χ4n) is 3.67. The molecule has 0 atom stereocenters. The molecule has 1 fully saturated rings. The van der Waals surface area contributed by atoms with Gasteiger partial charge in [0.15, 0.2) is 0 Å². The molecular weight excluding hydrogens is 414 g/mol. The second kappa shape index (κ2) is 9.62. The normalized spacial score (nSPS) is 15.2. The molecule has 0 aromatic heterocycles. The van der Waals surface area contributed by atoms with Crippen molar-refractivity contribution < 1.29 is 18.0 Å². The van der Waals surface area contributed by atoms with Gasteiger partial charge in [0, 0.05) is 37.0 Å². The van der Waals surface area contributed by atoms with Gasteiger partial charge >= 0.3 is 0 Å². The Balaban J connectivity index is 1.85. The predicted octanol–water partition coefficient (Wildman–Crippen LogP) is 4.08. The van der Waals surface area contributed by atoms with Crippen molar-refractivity contribution in [1.82, 2.24) is 4.31 Å². The van der Waals surface area contributed by atoms with Crippen molar-refractivity contribution in [3.05, 3.63) is 53.1 Å². The molecule has 31 heavy (non-hydrogen) atoms. The average Bonchev–Trinajstić information content (AvgIpc) is 3.00. The number of amides is 2. The molecule has 1 aliphatic rings. The first kappa shape index (κ1) is 23.0. The molecule has 0 aliphatic carbocycles. The molecule has 0 bridgehead atoms. The Bertz CT molecular complexity index is 1090. The maximum atomic E-state index is 13.2. The first-order valence-corrected chi connectivity index (χ1v) is 11.9. The molecule has 2 aromatic rings. The van der Waals surface area contributed by atoms with E-state index in [-0.39, 0.29) is 16.7 Å². The van der Waals surface area contributed by atoms with E-state index in [1.165, 1.54) is 13.0 Å². The molecule has 0 radical (unpaired) electrons. The maximum absolute atomic E-state index is 13.2. The number of sulfonamides is 1. The molecule has 2 amide bonds. The van der Waals surface area contributed by atoms with Crippen LogP contribution >= 0.6 is 0 Å². The Hall–Kier alpha value is -2.71. The van der Waals surface area contributed by atoms with Gasteiger partial charge < -0.3 is 10.6 Å². The van der Waals surface area contributed by atoms with Gasteiger partial charge in [0.25, 0.3) is 5.91 Å². The summed E-state index contributed by atoms with van der Waals surface area (Å²) in [5, 5.41) is 5.48. The Morgan fingerprint density at radius 3 is 2.16 bits per heavy atom. The van der Waals surface area contributed by atoms with Crippen LogP contribution in [0.2, 0.25) is 0 Å². The summed E-state index contributed by atoms with van der Waals surface area (Å²) in [6.45, 7) is 6.05. The summed E-state index contributed by atoms with van der Waals surface area (Å²) in [5.74, 6) is -0.601. The quantitative estimate of drug-likeness (QED) is 0.728. The van der Waals surface area contributed by atoms with Crippen molar-refractivity contribution >= 4 is 33.2 Å². The molecule has 7 nitrogen and oxygen atoms in total. The molecule has 8 heteroatoms. The summed E-state index contributed by atoms with van der Waals surface area (Å²) in [6.07, 6.45) is 3.80. The lowest BCUT2D eigenvalue weighted by atomic mass is 10.1. The van der Waals surface area contributed by atoms with Crippen molar-refractivity contribution in [1.29, 1.82) is 0 Å². The summed E-state index contributed by atoms with van der Waals surface area (Å²) in [5.41, 5.74) is 2.82. The fraction of sp³-hybridized carbons (Fsp3) is 0.391. The lowest BCUT2D eigenvalue weighted by Crippen LogP contribution is -2.32. The summed E-state index contributed by atoms with van der Waals surface area (Å²) in [4.78, 5) is 24.4. The minimum atomic E-state index is -3.63. The average molecular weight is 444 g/mol. The van der Waals surface area contributed by atoms with Crippen molar-refractivity contribution in [2.24, 2.45) is 0 Å². The minimum Gasteiger partial charge on any atom is -0.326 e. The van der Waals surface area contributed by atoms with Gasteiger partial charge in [-0.3, -0.25) is 9.59 Å². The van der Waals surface area contributed by atoms with Crippen LogP contribution in [-0.4, -0.2) is 37.6 Å². The van der Waals surface area contributed by atoms with Gasteiger partial charge in [0.2, 0.25) is 15.9 Å². The van der Waals surface area contributed by atoms with Crippen LogP contribution in [0.5, 0.6) is 0 Å². The molecule has 2 N–H and O–H groups in total. The molecular formula is C23H29N3O4S. The summed E-state index contributed by atoms with van der Waals surface area (Å²) >= 11 is 0. The topological polar surface area (TPSA) is 95.6 Å².